The van der Waals surface area contributed by atoms with Gasteiger partial charge in [0.25, 0.3) is 0 Å². The summed E-state index contributed by atoms with van der Waals surface area (Å²) in [6, 6.07) is 2.37. The Bertz CT molecular complexity index is 483. The predicted molar refractivity (Wildman–Crippen MR) is 65.9 cm³/mol. The van der Waals surface area contributed by atoms with Gasteiger partial charge in [-0.2, -0.15) is 0 Å². The van der Waals surface area contributed by atoms with Crippen LogP contribution in [0.1, 0.15) is 15.9 Å². The molecule has 0 bridgehead atoms. The minimum absolute atomic E-state index is 0.0344. The van der Waals surface area contributed by atoms with E-state index in [4.69, 9.17) is 4.74 Å². The van der Waals surface area contributed by atoms with Gasteiger partial charge in [0.1, 0.15) is 30.3 Å². The van der Waals surface area contributed by atoms with E-state index in [0.29, 0.717) is 5.56 Å². The fourth-order valence-corrected chi connectivity index (χ4v) is 1.42. The zero-order chi connectivity index (χ0) is 14.4. The number of phenols is 2. The zero-order valence-corrected chi connectivity index (χ0v) is 10.4. The molecule has 2 N–H and O–H groups in total. The van der Waals surface area contributed by atoms with Gasteiger partial charge in [0.05, 0.1) is 0 Å². The van der Waals surface area contributed by atoms with Gasteiger partial charge >= 0.3 is 11.9 Å². The Balaban J connectivity index is 2.59. The van der Waals surface area contributed by atoms with Crippen LogP contribution in [0.5, 0.6) is 11.5 Å². The summed E-state index contributed by atoms with van der Waals surface area (Å²) in [6.07, 6.45) is 0.998. The summed E-state index contributed by atoms with van der Waals surface area (Å²) in [5.74, 6) is -1.89. The van der Waals surface area contributed by atoms with E-state index in [1.807, 2.05) is 0 Å². The van der Waals surface area contributed by atoms with Crippen molar-refractivity contribution in [2.24, 2.45) is 0 Å². The summed E-state index contributed by atoms with van der Waals surface area (Å²) in [7, 11) is 0. The van der Waals surface area contributed by atoms with Crippen LogP contribution in [0.25, 0.3) is 0 Å². The molecular formula is C13H14O6. The standard InChI is InChI=1S/C13H14O6/c1-3-11(16)18-4-5-19-13(17)12-8(2)6-9(14)7-10(12)15/h3,6-7,14-15H,1,4-5H2,2H3. The van der Waals surface area contributed by atoms with E-state index in [-0.39, 0.29) is 30.3 Å². The molecule has 6 nitrogen and oxygen atoms in total. The van der Waals surface area contributed by atoms with Crippen molar-refractivity contribution in [3.8, 4) is 11.5 Å². The maximum absolute atomic E-state index is 11.7. The summed E-state index contributed by atoms with van der Waals surface area (Å²) in [5.41, 5.74) is 0.346. The van der Waals surface area contributed by atoms with Gasteiger partial charge in [-0.1, -0.05) is 6.58 Å². The van der Waals surface area contributed by atoms with Gasteiger partial charge in [0, 0.05) is 12.1 Å². The van der Waals surface area contributed by atoms with Crippen molar-refractivity contribution in [3.63, 3.8) is 0 Å². The average Bonchev–Trinajstić information content (AvgIpc) is 2.33. The molecule has 1 aromatic carbocycles. The molecule has 0 radical (unpaired) electrons. The van der Waals surface area contributed by atoms with Gasteiger partial charge in [-0.05, 0) is 18.6 Å². The third-order valence-corrected chi connectivity index (χ3v) is 2.23. The van der Waals surface area contributed by atoms with Crippen LogP contribution in [0.3, 0.4) is 0 Å². The number of hydrogen-bond donors (Lipinski definition) is 2. The summed E-state index contributed by atoms with van der Waals surface area (Å²) >= 11 is 0. The lowest BCUT2D eigenvalue weighted by molar-refractivity contribution is -0.138. The molecule has 102 valence electrons. The van der Waals surface area contributed by atoms with Crippen LogP contribution < -0.4 is 0 Å². The highest BCUT2D eigenvalue weighted by Gasteiger charge is 2.17. The Labute approximate surface area is 109 Å². The molecule has 0 aliphatic carbocycles. The fraction of sp³-hybridized carbons (Fsp3) is 0.231. The Morgan fingerprint density at radius 3 is 2.47 bits per heavy atom. The van der Waals surface area contributed by atoms with Crippen molar-refractivity contribution in [2.45, 2.75) is 6.92 Å². The van der Waals surface area contributed by atoms with E-state index >= 15 is 0 Å². The van der Waals surface area contributed by atoms with Crippen molar-refractivity contribution in [3.05, 3.63) is 35.9 Å². The number of benzene rings is 1. The molecule has 0 saturated heterocycles. The Hall–Kier alpha value is -2.50. The third-order valence-electron chi connectivity index (χ3n) is 2.23. The van der Waals surface area contributed by atoms with Gasteiger partial charge in [-0.15, -0.1) is 0 Å². The molecule has 0 aliphatic rings. The Morgan fingerprint density at radius 2 is 1.89 bits per heavy atom. The fourth-order valence-electron chi connectivity index (χ4n) is 1.42. The van der Waals surface area contributed by atoms with E-state index in [9.17, 15) is 19.8 Å². The van der Waals surface area contributed by atoms with Crippen molar-refractivity contribution in [1.82, 2.24) is 0 Å². The molecule has 1 aromatic rings. The van der Waals surface area contributed by atoms with Gasteiger partial charge in [0.15, 0.2) is 0 Å². The van der Waals surface area contributed by atoms with Crippen LogP contribution in [0, 0.1) is 6.92 Å². The first-order chi connectivity index (χ1) is 8.95. The molecule has 1 rings (SSSR count). The minimum Gasteiger partial charge on any atom is -0.508 e. The lowest BCUT2D eigenvalue weighted by Gasteiger charge is -2.09. The Kier molecular flexibility index (Phi) is 4.93. The second-order valence-electron chi connectivity index (χ2n) is 3.66. The summed E-state index contributed by atoms with van der Waals surface area (Å²) in [6.45, 7) is 4.52. The summed E-state index contributed by atoms with van der Waals surface area (Å²) < 4.78 is 9.45. The van der Waals surface area contributed by atoms with Gasteiger partial charge in [0.2, 0.25) is 0 Å². The summed E-state index contributed by atoms with van der Waals surface area (Å²) in [4.78, 5) is 22.4. The number of esters is 2. The lowest BCUT2D eigenvalue weighted by Crippen LogP contribution is -2.13. The monoisotopic (exact) mass is 266 g/mol. The molecule has 0 aromatic heterocycles. The number of ether oxygens (including phenoxy) is 2. The van der Waals surface area contributed by atoms with Crippen LogP contribution in [-0.4, -0.2) is 35.4 Å². The normalized spacial score (nSPS) is 9.74. The SMILES string of the molecule is C=CC(=O)OCCOC(=O)c1c(C)cc(O)cc1O. The molecule has 0 aliphatic heterocycles. The largest absolute Gasteiger partial charge is 0.508 e. The molecular weight excluding hydrogens is 252 g/mol. The molecule has 19 heavy (non-hydrogen) atoms. The van der Waals surface area contributed by atoms with Gasteiger partial charge < -0.3 is 19.7 Å². The zero-order valence-electron chi connectivity index (χ0n) is 10.4. The molecule has 0 fully saturated rings. The van der Waals surface area contributed by atoms with Crippen LogP contribution in [-0.2, 0) is 14.3 Å². The molecule has 0 amide bonds. The first-order valence-electron chi connectivity index (χ1n) is 5.44. The van der Waals surface area contributed by atoms with Crippen molar-refractivity contribution in [2.75, 3.05) is 13.2 Å². The maximum Gasteiger partial charge on any atom is 0.342 e. The van der Waals surface area contributed by atoms with E-state index in [1.165, 1.54) is 6.07 Å². The van der Waals surface area contributed by atoms with Gasteiger partial charge in [-0.25, -0.2) is 9.59 Å². The highest BCUT2D eigenvalue weighted by molar-refractivity contribution is 5.94. The third kappa shape index (κ3) is 4.02. The Morgan fingerprint density at radius 1 is 1.26 bits per heavy atom. The second-order valence-corrected chi connectivity index (χ2v) is 3.66. The minimum atomic E-state index is -0.760. The number of rotatable bonds is 5. The van der Waals surface area contributed by atoms with E-state index in [1.54, 1.807) is 6.92 Å². The first-order valence-corrected chi connectivity index (χ1v) is 5.44. The topological polar surface area (TPSA) is 93.1 Å². The number of phenolic OH excluding ortho intramolecular Hbond substituents is 2. The number of carbonyl (C=O) groups is 2. The van der Waals surface area contributed by atoms with Crippen molar-refractivity contribution < 1.29 is 29.3 Å². The van der Waals surface area contributed by atoms with Crippen LogP contribution in [0.4, 0.5) is 0 Å². The number of aryl methyl sites for hydroxylation is 1. The highest BCUT2D eigenvalue weighted by Crippen LogP contribution is 2.27. The molecule has 0 spiro atoms. The van der Waals surface area contributed by atoms with E-state index in [0.717, 1.165) is 12.1 Å². The maximum atomic E-state index is 11.7. The van der Waals surface area contributed by atoms with Crippen molar-refractivity contribution in [1.29, 1.82) is 0 Å². The van der Waals surface area contributed by atoms with Gasteiger partial charge in [-0.3, -0.25) is 0 Å². The molecule has 6 heteroatoms. The van der Waals surface area contributed by atoms with E-state index < -0.39 is 11.9 Å². The van der Waals surface area contributed by atoms with Crippen molar-refractivity contribution >= 4 is 11.9 Å². The molecule has 0 heterocycles. The highest BCUT2D eigenvalue weighted by atomic mass is 16.6. The number of aromatic hydroxyl groups is 2. The average molecular weight is 266 g/mol. The van der Waals surface area contributed by atoms with Crippen LogP contribution in [0.15, 0.2) is 24.8 Å². The summed E-state index contributed by atoms with van der Waals surface area (Å²) in [5, 5.41) is 18.8. The molecule has 0 atom stereocenters. The number of carbonyl (C=O) groups excluding carboxylic acids is 2. The molecule has 0 saturated carbocycles. The van der Waals surface area contributed by atoms with Crippen LogP contribution >= 0.6 is 0 Å². The smallest absolute Gasteiger partial charge is 0.342 e. The lowest BCUT2D eigenvalue weighted by atomic mass is 10.1. The first kappa shape index (κ1) is 14.6. The van der Waals surface area contributed by atoms with Crippen LogP contribution in [0.2, 0.25) is 0 Å². The second kappa shape index (κ2) is 6.44. The van der Waals surface area contributed by atoms with E-state index in [2.05, 4.69) is 11.3 Å². The molecule has 0 unspecified atom stereocenters. The number of hydrogen-bond acceptors (Lipinski definition) is 6. The predicted octanol–water partition coefficient (Wildman–Crippen LogP) is 1.29. The quantitative estimate of drug-likeness (QED) is 0.474.